The highest BCUT2D eigenvalue weighted by atomic mass is 32.1. The van der Waals surface area contributed by atoms with E-state index in [0.717, 1.165) is 6.07 Å². The third kappa shape index (κ3) is 3.88. The molecule has 26 heavy (non-hydrogen) atoms. The molecule has 9 heteroatoms. The summed E-state index contributed by atoms with van der Waals surface area (Å²) in [7, 11) is 1.44. The monoisotopic (exact) mass is 378 g/mol. The van der Waals surface area contributed by atoms with E-state index in [0.29, 0.717) is 10.8 Å². The lowest BCUT2D eigenvalue weighted by molar-refractivity contribution is -0.138. The van der Waals surface area contributed by atoms with Crippen LogP contribution >= 0.6 is 11.3 Å². The van der Waals surface area contributed by atoms with Crippen LogP contribution in [0, 0.1) is 0 Å². The fraction of sp³-hybridized carbons (Fsp3) is 0.176. The molecule has 134 valence electrons. The van der Waals surface area contributed by atoms with Gasteiger partial charge >= 0.3 is 6.18 Å². The first-order valence-corrected chi connectivity index (χ1v) is 8.37. The van der Waals surface area contributed by atoms with Gasteiger partial charge in [-0.2, -0.15) is 13.2 Å². The summed E-state index contributed by atoms with van der Waals surface area (Å²) in [6.45, 7) is -0.177. The number of benzene rings is 1. The number of rotatable bonds is 4. The smallest absolute Gasteiger partial charge is 0.336 e. The first-order valence-electron chi connectivity index (χ1n) is 7.50. The van der Waals surface area contributed by atoms with Crippen LogP contribution in [0.1, 0.15) is 21.6 Å². The fourth-order valence-corrected chi connectivity index (χ4v) is 3.08. The maximum absolute atomic E-state index is 13.1. The highest BCUT2D eigenvalue weighted by Gasteiger charge is 2.33. The molecule has 0 radical (unpaired) electrons. The van der Waals surface area contributed by atoms with Gasteiger partial charge in [0, 0.05) is 31.4 Å². The van der Waals surface area contributed by atoms with Gasteiger partial charge in [0.05, 0.1) is 5.56 Å². The minimum absolute atomic E-state index is 0.0256. The Bertz CT molecular complexity index is 912. The molecule has 0 bridgehead atoms. The summed E-state index contributed by atoms with van der Waals surface area (Å²) in [5.41, 5.74) is -0.585. The third-order valence-electron chi connectivity index (χ3n) is 3.56. The van der Waals surface area contributed by atoms with E-state index in [1.54, 1.807) is 23.8 Å². The van der Waals surface area contributed by atoms with Crippen molar-refractivity contribution in [3.8, 4) is 10.8 Å². The number of halogens is 3. The van der Waals surface area contributed by atoms with Gasteiger partial charge in [-0.05, 0) is 17.7 Å². The summed E-state index contributed by atoms with van der Waals surface area (Å²) < 4.78 is 39.3. The van der Waals surface area contributed by atoms with Crippen LogP contribution in [0.3, 0.4) is 0 Å². The molecule has 5 nitrogen and oxygen atoms in total. The molecule has 2 aromatic heterocycles. The summed E-state index contributed by atoms with van der Waals surface area (Å²) in [6.07, 6.45) is -1.35. The van der Waals surface area contributed by atoms with Crippen LogP contribution in [0.15, 0.2) is 48.1 Å². The van der Waals surface area contributed by atoms with Crippen molar-refractivity contribution in [2.24, 2.45) is 0 Å². The molecule has 0 spiro atoms. The van der Waals surface area contributed by atoms with Crippen molar-refractivity contribution in [2.45, 2.75) is 12.7 Å². The van der Waals surface area contributed by atoms with Crippen molar-refractivity contribution in [1.82, 2.24) is 19.9 Å². The summed E-state index contributed by atoms with van der Waals surface area (Å²) >= 11 is 1.20. The zero-order valence-corrected chi connectivity index (χ0v) is 14.4. The fourth-order valence-electron chi connectivity index (χ4n) is 2.34. The van der Waals surface area contributed by atoms with Crippen LogP contribution in [-0.4, -0.2) is 32.8 Å². The first-order chi connectivity index (χ1) is 12.4. The number of carbonyl (C=O) groups is 1. The number of aromatic nitrogens is 3. The SMILES string of the molecule is CN(Cc1ccccc1C(F)(F)F)C(=O)c1csc(-c2ncccn2)n1. The largest absolute Gasteiger partial charge is 0.416 e. The van der Waals surface area contributed by atoms with Gasteiger partial charge in [0.1, 0.15) is 5.69 Å². The number of thiazole rings is 1. The Morgan fingerprint density at radius 2 is 1.85 bits per heavy atom. The van der Waals surface area contributed by atoms with Crippen molar-refractivity contribution in [1.29, 1.82) is 0 Å². The second-order valence-corrected chi connectivity index (χ2v) is 6.28. The molecular formula is C17H13F3N4OS. The number of alkyl halides is 3. The molecule has 2 heterocycles. The summed E-state index contributed by atoms with van der Waals surface area (Å²) in [4.78, 5) is 26.0. The molecule has 0 saturated carbocycles. The maximum atomic E-state index is 13.1. The van der Waals surface area contributed by atoms with Gasteiger partial charge in [-0.25, -0.2) is 15.0 Å². The minimum Gasteiger partial charge on any atom is -0.336 e. The van der Waals surface area contributed by atoms with Gasteiger partial charge in [-0.15, -0.1) is 11.3 Å². The molecule has 0 aliphatic rings. The van der Waals surface area contributed by atoms with Crippen LogP contribution < -0.4 is 0 Å². The van der Waals surface area contributed by atoms with E-state index < -0.39 is 17.6 Å². The Morgan fingerprint density at radius 1 is 1.15 bits per heavy atom. The quantitative estimate of drug-likeness (QED) is 0.691. The van der Waals surface area contributed by atoms with Gasteiger partial charge in [0.2, 0.25) is 0 Å². The molecule has 1 amide bonds. The Kier molecular flexibility index (Phi) is 4.99. The van der Waals surface area contributed by atoms with Crippen LogP contribution in [0.25, 0.3) is 10.8 Å². The number of hydrogen-bond donors (Lipinski definition) is 0. The lowest BCUT2D eigenvalue weighted by Gasteiger charge is -2.19. The number of amides is 1. The normalized spacial score (nSPS) is 11.4. The highest BCUT2D eigenvalue weighted by Crippen LogP contribution is 2.32. The predicted molar refractivity (Wildman–Crippen MR) is 90.4 cm³/mol. The first kappa shape index (κ1) is 18.0. The van der Waals surface area contributed by atoms with Crippen molar-refractivity contribution in [3.05, 3.63) is 64.9 Å². The Balaban J connectivity index is 1.79. The Morgan fingerprint density at radius 3 is 2.54 bits per heavy atom. The Hall–Kier alpha value is -2.81. The Labute approximate surface area is 151 Å². The minimum atomic E-state index is -4.47. The maximum Gasteiger partial charge on any atom is 0.416 e. The number of hydrogen-bond acceptors (Lipinski definition) is 5. The zero-order valence-electron chi connectivity index (χ0n) is 13.6. The van der Waals surface area contributed by atoms with Gasteiger partial charge < -0.3 is 4.90 Å². The lowest BCUT2D eigenvalue weighted by atomic mass is 10.1. The number of carbonyl (C=O) groups excluding carboxylic acids is 1. The van der Waals surface area contributed by atoms with Gasteiger partial charge in [-0.1, -0.05) is 18.2 Å². The van der Waals surface area contributed by atoms with Crippen molar-refractivity contribution in [2.75, 3.05) is 7.05 Å². The van der Waals surface area contributed by atoms with Crippen molar-refractivity contribution < 1.29 is 18.0 Å². The van der Waals surface area contributed by atoms with Crippen molar-refractivity contribution in [3.63, 3.8) is 0 Å². The standard InChI is InChI=1S/C17H13F3N4OS/c1-24(9-11-5-2-3-6-12(11)17(18,19)20)16(25)13-10-26-15(23-13)14-21-7-4-8-22-14/h2-8,10H,9H2,1H3. The molecule has 0 unspecified atom stereocenters. The van der Waals surface area contributed by atoms with Crippen LogP contribution in [0.4, 0.5) is 13.2 Å². The van der Waals surface area contributed by atoms with E-state index in [4.69, 9.17) is 0 Å². The van der Waals surface area contributed by atoms with E-state index in [1.807, 2.05) is 0 Å². The van der Waals surface area contributed by atoms with E-state index >= 15 is 0 Å². The molecule has 0 fully saturated rings. The number of nitrogens with zero attached hydrogens (tertiary/aromatic N) is 4. The second kappa shape index (κ2) is 7.20. The average Bonchev–Trinajstić information content (AvgIpc) is 3.11. The van der Waals surface area contributed by atoms with E-state index in [9.17, 15) is 18.0 Å². The summed E-state index contributed by atoms with van der Waals surface area (Å²) in [5.74, 6) is -0.0815. The molecule has 0 N–H and O–H groups in total. The molecule has 3 aromatic rings. The summed E-state index contributed by atoms with van der Waals surface area (Å²) in [5, 5.41) is 2.01. The van der Waals surface area contributed by atoms with E-state index in [2.05, 4.69) is 15.0 Å². The molecule has 0 aliphatic heterocycles. The van der Waals surface area contributed by atoms with Crippen LogP contribution in [0.5, 0.6) is 0 Å². The average molecular weight is 378 g/mol. The second-order valence-electron chi connectivity index (χ2n) is 5.43. The van der Waals surface area contributed by atoms with Crippen LogP contribution in [0.2, 0.25) is 0 Å². The topological polar surface area (TPSA) is 59.0 Å². The van der Waals surface area contributed by atoms with E-state index in [-0.39, 0.29) is 17.8 Å². The zero-order chi connectivity index (χ0) is 18.7. The van der Waals surface area contributed by atoms with Gasteiger partial charge in [0.25, 0.3) is 5.91 Å². The molecule has 0 atom stereocenters. The molecule has 0 saturated heterocycles. The van der Waals surface area contributed by atoms with Crippen molar-refractivity contribution >= 4 is 17.2 Å². The molecule has 1 aromatic carbocycles. The molecular weight excluding hydrogens is 365 g/mol. The van der Waals surface area contributed by atoms with E-state index in [1.165, 1.54) is 41.5 Å². The molecule has 3 rings (SSSR count). The molecule has 0 aliphatic carbocycles. The highest BCUT2D eigenvalue weighted by molar-refractivity contribution is 7.13. The van der Waals surface area contributed by atoms with Gasteiger partial charge in [0.15, 0.2) is 10.8 Å². The van der Waals surface area contributed by atoms with Gasteiger partial charge in [-0.3, -0.25) is 4.79 Å². The third-order valence-corrected chi connectivity index (χ3v) is 4.40. The predicted octanol–water partition coefficient (Wildman–Crippen LogP) is 3.89. The summed E-state index contributed by atoms with van der Waals surface area (Å²) in [6, 6.07) is 6.85. The lowest BCUT2D eigenvalue weighted by Crippen LogP contribution is -2.27. The van der Waals surface area contributed by atoms with Crippen LogP contribution in [-0.2, 0) is 12.7 Å².